The second-order valence-electron chi connectivity index (χ2n) is 7.80. The first kappa shape index (κ1) is 19.1. The summed E-state index contributed by atoms with van der Waals surface area (Å²) in [5.74, 6) is 0.137. The summed E-state index contributed by atoms with van der Waals surface area (Å²) in [5.41, 5.74) is 4.15. The van der Waals surface area contributed by atoms with Gasteiger partial charge in [-0.05, 0) is 36.2 Å². The van der Waals surface area contributed by atoms with Crippen LogP contribution in [0, 0.1) is 0 Å². The molecule has 3 aromatic carbocycles. The van der Waals surface area contributed by atoms with Crippen molar-refractivity contribution in [2.75, 3.05) is 16.8 Å². The molecule has 5 nitrogen and oxygen atoms in total. The Bertz CT molecular complexity index is 1250. The van der Waals surface area contributed by atoms with Crippen molar-refractivity contribution in [3.05, 3.63) is 96.2 Å². The van der Waals surface area contributed by atoms with E-state index >= 15 is 0 Å². The zero-order chi connectivity index (χ0) is 21.2. The van der Waals surface area contributed by atoms with Gasteiger partial charge in [-0.2, -0.15) is 0 Å². The largest absolute Gasteiger partial charge is 0.371 e. The van der Waals surface area contributed by atoms with Crippen molar-refractivity contribution in [1.29, 1.82) is 0 Å². The number of hydrogen-bond acceptors (Lipinski definition) is 3. The van der Waals surface area contributed by atoms with Gasteiger partial charge in [-0.3, -0.25) is 9.59 Å². The van der Waals surface area contributed by atoms with Gasteiger partial charge >= 0.3 is 0 Å². The Labute approximate surface area is 180 Å². The number of Topliss-reactive ketones (excluding diaryl/α,β-unsaturated/α-hetero) is 1. The number of hydrogen-bond donors (Lipinski definition) is 2. The molecule has 1 saturated heterocycles. The minimum Gasteiger partial charge on any atom is -0.371 e. The van der Waals surface area contributed by atoms with Crippen LogP contribution in [0.25, 0.3) is 10.9 Å². The Morgan fingerprint density at radius 3 is 2.58 bits per heavy atom. The van der Waals surface area contributed by atoms with Gasteiger partial charge in [0, 0.05) is 47.0 Å². The first-order valence-corrected chi connectivity index (χ1v) is 10.5. The van der Waals surface area contributed by atoms with Crippen LogP contribution in [0.2, 0.25) is 0 Å². The minimum atomic E-state index is -0.551. The SMILES string of the molecule is O=C(c1c[nH]c2ccccc12)[C@@H](Nc1cccc(N2CCCC2=O)c1)c1ccccc1. The molecule has 1 atom stereocenters. The van der Waals surface area contributed by atoms with Crippen molar-refractivity contribution < 1.29 is 9.59 Å². The highest BCUT2D eigenvalue weighted by atomic mass is 16.2. The molecular formula is C26H23N3O2. The van der Waals surface area contributed by atoms with Gasteiger partial charge in [-0.25, -0.2) is 0 Å². The van der Waals surface area contributed by atoms with E-state index < -0.39 is 6.04 Å². The summed E-state index contributed by atoms with van der Waals surface area (Å²) < 4.78 is 0. The van der Waals surface area contributed by atoms with E-state index in [-0.39, 0.29) is 11.7 Å². The highest BCUT2D eigenvalue weighted by Crippen LogP contribution is 2.30. The van der Waals surface area contributed by atoms with Gasteiger partial charge in [0.1, 0.15) is 6.04 Å². The van der Waals surface area contributed by atoms with E-state index in [9.17, 15) is 9.59 Å². The Morgan fingerprint density at radius 2 is 1.77 bits per heavy atom. The molecule has 1 aliphatic heterocycles. The molecule has 5 heteroatoms. The lowest BCUT2D eigenvalue weighted by Gasteiger charge is -2.21. The van der Waals surface area contributed by atoms with E-state index in [4.69, 9.17) is 0 Å². The summed E-state index contributed by atoms with van der Waals surface area (Å²) >= 11 is 0. The number of fused-ring (bicyclic) bond motifs is 1. The molecule has 1 aliphatic rings. The van der Waals surface area contributed by atoms with Crippen LogP contribution in [0.4, 0.5) is 11.4 Å². The van der Waals surface area contributed by atoms with E-state index in [1.807, 2.05) is 83.8 Å². The summed E-state index contributed by atoms with van der Waals surface area (Å²) in [5, 5.41) is 4.33. The number of carbonyl (C=O) groups is 2. The maximum Gasteiger partial charge on any atom is 0.227 e. The molecule has 31 heavy (non-hydrogen) atoms. The number of aromatic nitrogens is 1. The van der Waals surface area contributed by atoms with Crippen molar-refractivity contribution in [2.45, 2.75) is 18.9 Å². The number of rotatable bonds is 6. The monoisotopic (exact) mass is 409 g/mol. The molecule has 0 unspecified atom stereocenters. The van der Waals surface area contributed by atoms with Gasteiger partial charge in [-0.1, -0.05) is 54.6 Å². The summed E-state index contributed by atoms with van der Waals surface area (Å²) in [6.07, 6.45) is 3.25. The number of aromatic amines is 1. The van der Waals surface area contributed by atoms with Crippen LogP contribution in [-0.2, 0) is 4.79 Å². The van der Waals surface area contributed by atoms with Crippen LogP contribution in [0.15, 0.2) is 85.1 Å². The van der Waals surface area contributed by atoms with Crippen molar-refractivity contribution in [3.8, 4) is 0 Å². The fourth-order valence-corrected chi connectivity index (χ4v) is 4.23. The third-order valence-electron chi connectivity index (χ3n) is 5.79. The smallest absolute Gasteiger partial charge is 0.227 e. The number of ketones is 1. The highest BCUT2D eigenvalue weighted by molar-refractivity contribution is 6.11. The van der Waals surface area contributed by atoms with Gasteiger partial charge in [0.2, 0.25) is 5.91 Å². The molecule has 0 radical (unpaired) electrons. The Balaban J connectivity index is 1.51. The molecule has 1 amide bonds. The van der Waals surface area contributed by atoms with Gasteiger partial charge < -0.3 is 15.2 Å². The molecular weight excluding hydrogens is 386 g/mol. The van der Waals surface area contributed by atoms with Gasteiger partial charge in [-0.15, -0.1) is 0 Å². The van der Waals surface area contributed by atoms with Crippen molar-refractivity contribution in [2.24, 2.45) is 0 Å². The maximum atomic E-state index is 13.7. The zero-order valence-electron chi connectivity index (χ0n) is 17.0. The normalized spacial score (nSPS) is 14.7. The van der Waals surface area contributed by atoms with Crippen LogP contribution in [0.1, 0.15) is 34.8 Å². The predicted molar refractivity (Wildman–Crippen MR) is 123 cm³/mol. The van der Waals surface area contributed by atoms with Crippen LogP contribution in [0.3, 0.4) is 0 Å². The second kappa shape index (κ2) is 8.11. The molecule has 2 heterocycles. The number of H-pyrrole nitrogens is 1. The lowest BCUT2D eigenvalue weighted by atomic mass is 9.96. The number of amides is 1. The molecule has 5 rings (SSSR count). The summed E-state index contributed by atoms with van der Waals surface area (Å²) in [6, 6.07) is 24.7. The molecule has 0 aliphatic carbocycles. The van der Waals surface area contributed by atoms with E-state index in [2.05, 4.69) is 10.3 Å². The number of benzene rings is 3. The first-order valence-electron chi connectivity index (χ1n) is 10.5. The standard InChI is InChI=1S/C26H23N3O2/c30-24-14-7-15-29(24)20-11-6-10-19(16-20)28-25(18-8-2-1-3-9-18)26(31)22-17-27-23-13-5-4-12-21(22)23/h1-6,8-13,16-17,25,27-28H,7,14-15H2/t25-/m0/s1. The molecule has 4 aromatic rings. The molecule has 154 valence electrons. The van der Waals surface area contributed by atoms with E-state index in [1.54, 1.807) is 6.20 Å². The molecule has 2 N–H and O–H groups in total. The Morgan fingerprint density at radius 1 is 0.968 bits per heavy atom. The Hall–Kier alpha value is -3.86. The van der Waals surface area contributed by atoms with Gasteiger partial charge in [0.25, 0.3) is 0 Å². The molecule has 0 spiro atoms. The summed E-state index contributed by atoms with van der Waals surface area (Å²) in [6.45, 7) is 0.735. The first-order chi connectivity index (χ1) is 15.2. The minimum absolute atomic E-state index is 0.00805. The third-order valence-corrected chi connectivity index (χ3v) is 5.79. The fraction of sp³-hybridized carbons (Fsp3) is 0.154. The molecule has 1 aromatic heterocycles. The average Bonchev–Trinajstić information content (AvgIpc) is 3.44. The second-order valence-corrected chi connectivity index (χ2v) is 7.80. The average molecular weight is 409 g/mol. The van der Waals surface area contributed by atoms with Crippen molar-refractivity contribution in [3.63, 3.8) is 0 Å². The van der Waals surface area contributed by atoms with E-state index in [0.29, 0.717) is 12.0 Å². The van der Waals surface area contributed by atoms with Gasteiger partial charge in [0.15, 0.2) is 5.78 Å². The number of nitrogens with zero attached hydrogens (tertiary/aromatic N) is 1. The van der Waals surface area contributed by atoms with Crippen LogP contribution in [-0.4, -0.2) is 23.2 Å². The Kier molecular flexibility index (Phi) is 5.00. The van der Waals surface area contributed by atoms with Crippen LogP contribution in [0.5, 0.6) is 0 Å². The third kappa shape index (κ3) is 3.70. The van der Waals surface area contributed by atoms with Crippen molar-refractivity contribution >= 4 is 34.0 Å². The van der Waals surface area contributed by atoms with Crippen molar-refractivity contribution in [1.82, 2.24) is 4.98 Å². The number of para-hydroxylation sites is 1. The predicted octanol–water partition coefficient (Wildman–Crippen LogP) is 5.33. The van der Waals surface area contributed by atoms with Crippen LogP contribution < -0.4 is 10.2 Å². The van der Waals surface area contributed by atoms with Gasteiger partial charge in [0.05, 0.1) is 0 Å². The van der Waals surface area contributed by atoms with E-state index in [0.717, 1.165) is 40.8 Å². The number of nitrogens with one attached hydrogen (secondary N) is 2. The molecule has 0 bridgehead atoms. The van der Waals surface area contributed by atoms with Crippen LogP contribution >= 0.6 is 0 Å². The van der Waals surface area contributed by atoms with E-state index in [1.165, 1.54) is 0 Å². The number of anilines is 2. The topological polar surface area (TPSA) is 65.2 Å². The summed E-state index contributed by atoms with van der Waals surface area (Å²) in [7, 11) is 0. The maximum absolute atomic E-state index is 13.7. The molecule has 1 fully saturated rings. The lowest BCUT2D eigenvalue weighted by molar-refractivity contribution is -0.117. The summed E-state index contributed by atoms with van der Waals surface area (Å²) in [4.78, 5) is 30.8. The quantitative estimate of drug-likeness (QED) is 0.423. The number of carbonyl (C=O) groups excluding carboxylic acids is 2. The lowest BCUT2D eigenvalue weighted by Crippen LogP contribution is -2.24. The highest BCUT2D eigenvalue weighted by Gasteiger charge is 2.25. The fourth-order valence-electron chi connectivity index (χ4n) is 4.23. The zero-order valence-corrected chi connectivity index (χ0v) is 17.0. The molecule has 0 saturated carbocycles.